The van der Waals surface area contributed by atoms with E-state index in [1.165, 1.54) is 0 Å². The van der Waals surface area contributed by atoms with E-state index in [9.17, 15) is 14.7 Å². The van der Waals surface area contributed by atoms with Gasteiger partial charge >= 0.3 is 0 Å². The molecule has 8 heteroatoms. The zero-order valence-electron chi connectivity index (χ0n) is 18.5. The molecule has 0 aliphatic carbocycles. The summed E-state index contributed by atoms with van der Waals surface area (Å²) in [6.07, 6.45) is 1.79. The zero-order valence-corrected chi connectivity index (χ0v) is 18.5. The number of pyridine rings is 1. The summed E-state index contributed by atoms with van der Waals surface area (Å²) in [5, 5.41) is 11.4. The second-order valence-corrected chi connectivity index (χ2v) is 8.33. The first kappa shape index (κ1) is 21.4. The molecule has 2 aromatic heterocycles. The number of carbonyl (C=O) groups excluding carboxylic acids is 2. The highest BCUT2D eigenvalue weighted by molar-refractivity contribution is 6.46. The lowest BCUT2D eigenvalue weighted by Crippen LogP contribution is -2.42. The first-order chi connectivity index (χ1) is 16.1. The molecule has 0 unspecified atom stereocenters. The molecule has 4 heterocycles. The molecule has 2 saturated heterocycles. The van der Waals surface area contributed by atoms with Gasteiger partial charge in [0.1, 0.15) is 11.3 Å². The molecule has 1 amide bonds. The van der Waals surface area contributed by atoms with Crippen molar-refractivity contribution in [2.45, 2.75) is 13.0 Å². The lowest BCUT2D eigenvalue weighted by atomic mass is 9.96. The molecule has 5 rings (SSSR count). The Morgan fingerprint density at radius 3 is 2.55 bits per heavy atom. The predicted octanol–water partition coefficient (Wildman–Crippen LogP) is 2.40. The predicted molar refractivity (Wildman–Crippen MR) is 123 cm³/mol. The van der Waals surface area contributed by atoms with Crippen molar-refractivity contribution in [3.8, 4) is 0 Å². The fourth-order valence-corrected chi connectivity index (χ4v) is 4.69. The van der Waals surface area contributed by atoms with Gasteiger partial charge in [-0.3, -0.25) is 18.9 Å². The Balaban J connectivity index is 1.59. The number of benzene rings is 1. The molecule has 0 saturated carbocycles. The van der Waals surface area contributed by atoms with Crippen LogP contribution in [0.1, 0.15) is 23.0 Å². The number of hydrogen-bond donors (Lipinski definition) is 1. The van der Waals surface area contributed by atoms with Crippen LogP contribution in [0.15, 0.2) is 60.3 Å². The second kappa shape index (κ2) is 8.80. The number of rotatable bonds is 5. The highest BCUT2D eigenvalue weighted by atomic mass is 16.5. The fourth-order valence-electron chi connectivity index (χ4n) is 4.69. The monoisotopic (exact) mass is 446 g/mol. The molecular weight excluding hydrogens is 420 g/mol. The number of imidazole rings is 1. The van der Waals surface area contributed by atoms with E-state index in [0.29, 0.717) is 43.3 Å². The minimum absolute atomic E-state index is 0.0990. The Labute approximate surface area is 191 Å². The Bertz CT molecular complexity index is 1230. The van der Waals surface area contributed by atoms with Crippen molar-refractivity contribution in [2.24, 2.45) is 0 Å². The summed E-state index contributed by atoms with van der Waals surface area (Å²) in [4.78, 5) is 34.7. The van der Waals surface area contributed by atoms with Crippen LogP contribution < -0.4 is 0 Å². The van der Waals surface area contributed by atoms with Crippen LogP contribution in [0.5, 0.6) is 0 Å². The van der Waals surface area contributed by atoms with Crippen molar-refractivity contribution >= 4 is 23.1 Å². The number of morpholine rings is 1. The third-order valence-corrected chi connectivity index (χ3v) is 6.34. The lowest BCUT2D eigenvalue weighted by Gasteiger charge is -2.31. The van der Waals surface area contributed by atoms with Crippen LogP contribution in [0.25, 0.3) is 11.4 Å². The van der Waals surface area contributed by atoms with Crippen molar-refractivity contribution in [2.75, 3.05) is 39.4 Å². The Morgan fingerprint density at radius 1 is 1.06 bits per heavy atom. The van der Waals surface area contributed by atoms with Gasteiger partial charge in [0.25, 0.3) is 11.7 Å². The molecule has 3 aromatic rings. The zero-order chi connectivity index (χ0) is 22.9. The van der Waals surface area contributed by atoms with E-state index in [4.69, 9.17) is 4.74 Å². The number of amides is 1. The van der Waals surface area contributed by atoms with Crippen LogP contribution in [0, 0.1) is 6.92 Å². The maximum absolute atomic E-state index is 13.3. The van der Waals surface area contributed by atoms with E-state index in [1.54, 1.807) is 22.4 Å². The molecule has 1 atom stereocenters. The number of aliphatic hydroxyl groups is 1. The van der Waals surface area contributed by atoms with Crippen molar-refractivity contribution < 1.29 is 19.4 Å². The molecular formula is C25H26N4O4. The molecule has 0 spiro atoms. The average molecular weight is 447 g/mol. The molecule has 2 aliphatic rings. The number of aliphatic hydroxyl groups excluding tert-OH is 1. The number of hydrogen-bond acceptors (Lipinski definition) is 6. The van der Waals surface area contributed by atoms with E-state index >= 15 is 0 Å². The number of Topliss-reactive ketones (excluding diaryl/α,β-unsaturated/α-hetero) is 1. The Morgan fingerprint density at radius 2 is 1.79 bits per heavy atom. The van der Waals surface area contributed by atoms with Gasteiger partial charge in [-0.1, -0.05) is 36.4 Å². The van der Waals surface area contributed by atoms with Crippen molar-refractivity contribution in [1.82, 2.24) is 19.2 Å². The number of ketones is 1. The van der Waals surface area contributed by atoms with E-state index in [0.717, 1.165) is 18.7 Å². The second-order valence-electron chi connectivity index (χ2n) is 8.33. The molecule has 0 radical (unpaired) electrons. The molecule has 8 nitrogen and oxygen atoms in total. The van der Waals surface area contributed by atoms with Crippen LogP contribution in [0.3, 0.4) is 0 Å². The minimum atomic E-state index is -0.673. The lowest BCUT2D eigenvalue weighted by molar-refractivity contribution is -0.140. The smallest absolute Gasteiger partial charge is 0.295 e. The van der Waals surface area contributed by atoms with Gasteiger partial charge in [0, 0.05) is 32.4 Å². The van der Waals surface area contributed by atoms with Crippen LogP contribution in [0.2, 0.25) is 0 Å². The number of carbonyl (C=O) groups is 2. The van der Waals surface area contributed by atoms with Gasteiger partial charge in [0.15, 0.2) is 5.76 Å². The summed E-state index contributed by atoms with van der Waals surface area (Å²) in [6.45, 7) is 5.71. The van der Waals surface area contributed by atoms with Gasteiger partial charge in [-0.05, 0) is 24.6 Å². The highest BCUT2D eigenvalue weighted by Crippen LogP contribution is 2.39. The summed E-state index contributed by atoms with van der Waals surface area (Å²) in [5.74, 6) is -1.47. The maximum Gasteiger partial charge on any atom is 0.295 e. The molecule has 0 bridgehead atoms. The molecule has 1 N–H and O–H groups in total. The van der Waals surface area contributed by atoms with Crippen LogP contribution in [-0.4, -0.2) is 75.4 Å². The van der Waals surface area contributed by atoms with Crippen molar-refractivity contribution in [1.29, 1.82) is 0 Å². The number of aryl methyl sites for hydroxylation is 1. The van der Waals surface area contributed by atoms with Gasteiger partial charge in [0.05, 0.1) is 30.5 Å². The highest BCUT2D eigenvalue weighted by Gasteiger charge is 2.46. The van der Waals surface area contributed by atoms with Crippen LogP contribution in [0.4, 0.5) is 0 Å². The topological polar surface area (TPSA) is 87.4 Å². The van der Waals surface area contributed by atoms with Gasteiger partial charge in [0.2, 0.25) is 0 Å². The SMILES string of the molecule is Cc1nc2ccccn2c1C(O)=C1C(=O)C(=O)N(CCN2CCOCC2)[C@H]1c1ccccc1. The molecule has 2 aliphatic heterocycles. The molecule has 170 valence electrons. The van der Waals surface area contributed by atoms with Gasteiger partial charge in [-0.2, -0.15) is 0 Å². The summed E-state index contributed by atoms with van der Waals surface area (Å²) >= 11 is 0. The summed E-state index contributed by atoms with van der Waals surface area (Å²) in [6, 6.07) is 14.3. The fraction of sp³-hybridized carbons (Fsp3) is 0.320. The summed E-state index contributed by atoms with van der Waals surface area (Å²) < 4.78 is 7.16. The van der Waals surface area contributed by atoms with Gasteiger partial charge < -0.3 is 14.7 Å². The summed E-state index contributed by atoms with van der Waals surface area (Å²) in [5.41, 5.74) is 2.56. The Kier molecular flexibility index (Phi) is 5.70. The molecule has 1 aromatic carbocycles. The number of fused-ring (bicyclic) bond motifs is 1. The van der Waals surface area contributed by atoms with E-state index in [-0.39, 0.29) is 11.3 Å². The third-order valence-electron chi connectivity index (χ3n) is 6.34. The van der Waals surface area contributed by atoms with Crippen molar-refractivity contribution in [3.63, 3.8) is 0 Å². The average Bonchev–Trinajstić information content (AvgIpc) is 3.31. The van der Waals surface area contributed by atoms with Gasteiger partial charge in [-0.15, -0.1) is 0 Å². The third kappa shape index (κ3) is 3.81. The Hall–Kier alpha value is -3.49. The number of aromatic nitrogens is 2. The van der Waals surface area contributed by atoms with E-state index < -0.39 is 17.7 Å². The van der Waals surface area contributed by atoms with Gasteiger partial charge in [-0.25, -0.2) is 4.98 Å². The van der Waals surface area contributed by atoms with E-state index in [2.05, 4.69) is 9.88 Å². The summed E-state index contributed by atoms with van der Waals surface area (Å²) in [7, 11) is 0. The minimum Gasteiger partial charge on any atom is -0.505 e. The number of ether oxygens (including phenoxy) is 1. The number of nitrogens with zero attached hydrogens (tertiary/aromatic N) is 4. The molecule has 33 heavy (non-hydrogen) atoms. The number of likely N-dealkylation sites (tertiary alicyclic amines) is 1. The first-order valence-electron chi connectivity index (χ1n) is 11.1. The quantitative estimate of drug-likeness (QED) is 0.368. The standard InChI is InChI=1S/C25H26N4O4/c1-17-21(28-10-6-5-9-19(28)26-17)23(30)20-22(18-7-3-2-4-8-18)29(25(32)24(20)31)12-11-27-13-15-33-16-14-27/h2-10,22,30H,11-16H2,1H3/t22-/m0/s1. The normalized spacial score (nSPS) is 21.2. The van der Waals surface area contributed by atoms with E-state index in [1.807, 2.05) is 48.5 Å². The largest absolute Gasteiger partial charge is 0.505 e. The van der Waals surface area contributed by atoms with Crippen LogP contribution >= 0.6 is 0 Å². The molecule has 2 fully saturated rings. The van der Waals surface area contributed by atoms with Crippen LogP contribution in [-0.2, 0) is 14.3 Å². The van der Waals surface area contributed by atoms with Crippen molar-refractivity contribution in [3.05, 3.63) is 77.3 Å². The first-order valence-corrected chi connectivity index (χ1v) is 11.1. The maximum atomic E-state index is 13.3.